The average molecular weight is 870 g/mol. The maximum absolute atomic E-state index is 13.1. The topological polar surface area (TPSA) is 160 Å². The Kier molecular flexibility index (Phi) is 39.9. The predicted molar refractivity (Wildman–Crippen MR) is 254 cm³/mol. The van der Waals surface area contributed by atoms with Crippen LogP contribution in [0.2, 0.25) is 0 Å². The molecule has 7 N–H and O–H groups in total. The van der Waals surface area contributed by atoms with E-state index in [1.165, 1.54) is 186 Å². The molecule has 0 aromatic heterocycles. The van der Waals surface area contributed by atoms with Gasteiger partial charge in [0.15, 0.2) is 0 Å². The Labute approximate surface area is 376 Å². The van der Waals surface area contributed by atoms with E-state index in [0.717, 1.165) is 38.5 Å². The fourth-order valence-electron chi connectivity index (χ4n) is 9.27. The fourth-order valence-corrected chi connectivity index (χ4v) is 9.27. The van der Waals surface area contributed by atoms with Crippen molar-refractivity contribution in [1.82, 2.24) is 5.32 Å². The van der Waals surface area contributed by atoms with Crippen LogP contribution in [0.15, 0.2) is 0 Å². The van der Waals surface area contributed by atoms with Gasteiger partial charge in [-0.1, -0.05) is 232 Å². The van der Waals surface area contributed by atoms with Crippen LogP contribution >= 0.6 is 0 Å². The largest absolute Gasteiger partial charge is 0.394 e. The number of carbonyl (C=O) groups is 1. The minimum absolute atomic E-state index is 0.127. The normalized spacial score (nSPS) is 20.8. The Morgan fingerprint density at radius 2 is 0.803 bits per heavy atom. The first-order valence-electron chi connectivity index (χ1n) is 26.7. The van der Waals surface area contributed by atoms with Gasteiger partial charge < -0.3 is 40.7 Å². The van der Waals surface area contributed by atoms with Crippen molar-refractivity contribution in [3.05, 3.63) is 0 Å². The minimum atomic E-state index is -1.43. The molecule has 9 nitrogen and oxygen atoms in total. The Hall–Kier alpha value is -0.810. The van der Waals surface area contributed by atoms with Gasteiger partial charge in [-0.3, -0.25) is 4.79 Å². The lowest BCUT2D eigenvalue weighted by atomic mass is 9.90. The molecule has 364 valence electrons. The van der Waals surface area contributed by atoms with Crippen LogP contribution in [0.3, 0.4) is 0 Å². The molecule has 1 aliphatic rings. The summed E-state index contributed by atoms with van der Waals surface area (Å²) in [6.07, 6.45) is 39.1. The number of hydrogen-bond acceptors (Lipinski definition) is 8. The minimum Gasteiger partial charge on any atom is -0.394 e. The van der Waals surface area contributed by atoms with E-state index >= 15 is 0 Å². The van der Waals surface area contributed by atoms with Crippen LogP contribution in [0.25, 0.3) is 0 Å². The van der Waals surface area contributed by atoms with Crippen LogP contribution < -0.4 is 5.32 Å². The van der Waals surface area contributed by atoms with Crippen molar-refractivity contribution < 1.29 is 40.2 Å². The molecule has 1 saturated heterocycles. The molecule has 0 saturated carbocycles. The van der Waals surface area contributed by atoms with Crippen molar-refractivity contribution in [2.75, 3.05) is 6.61 Å². The Balaban J connectivity index is 2.27. The maximum atomic E-state index is 13.1. The molecule has 0 aromatic carbocycles. The van der Waals surface area contributed by atoms with Crippen molar-refractivity contribution in [2.45, 2.75) is 319 Å². The van der Waals surface area contributed by atoms with Crippen molar-refractivity contribution in [1.29, 1.82) is 0 Å². The summed E-state index contributed by atoms with van der Waals surface area (Å²) in [5.74, 6) is -0.127. The zero-order valence-electron chi connectivity index (χ0n) is 40.1. The van der Waals surface area contributed by atoms with Gasteiger partial charge >= 0.3 is 0 Å². The number of nitrogens with one attached hydrogen (secondary N) is 1. The highest BCUT2D eigenvalue weighted by molar-refractivity contribution is 5.76. The van der Waals surface area contributed by atoms with Crippen LogP contribution in [0.5, 0.6) is 0 Å². The summed E-state index contributed by atoms with van der Waals surface area (Å²) in [4.78, 5) is 13.1. The summed E-state index contributed by atoms with van der Waals surface area (Å²) in [5, 5.41) is 65.7. The molecule has 0 aromatic rings. The molecule has 1 heterocycles. The van der Waals surface area contributed by atoms with Crippen LogP contribution in [0, 0.1) is 0 Å². The highest BCUT2D eigenvalue weighted by Crippen LogP contribution is 2.26. The Morgan fingerprint density at radius 3 is 1.18 bits per heavy atom. The first kappa shape index (κ1) is 58.2. The molecule has 0 spiro atoms. The molecule has 1 rings (SSSR count). The van der Waals surface area contributed by atoms with Gasteiger partial charge in [-0.15, -0.1) is 0 Å². The number of unbranched alkanes of at least 4 members (excludes halogenated alkanes) is 33. The zero-order valence-corrected chi connectivity index (χ0v) is 40.1. The standard InChI is InChI=1S/C52H103NO8/c1-3-5-7-9-11-13-15-17-18-19-20-21-22-23-24-25-26-27-29-31-33-35-37-42-48(56)53-44(39-38-41-46-50(58)52(60)51(59)47(43-54)61-46)49(57)45(55)40-36-34-32-30-28-16-14-12-10-8-6-4-2/h44-47,49-52,54-55,57-60H,3-43H2,1-2H3,(H,53,56)/t44-,45+,46+,47+,49-,50-,51-,52+/m0/s1. The van der Waals surface area contributed by atoms with E-state index in [0.29, 0.717) is 32.1 Å². The van der Waals surface area contributed by atoms with Crippen molar-refractivity contribution in [3.8, 4) is 0 Å². The third kappa shape index (κ3) is 31.7. The molecule has 9 heteroatoms. The van der Waals surface area contributed by atoms with Crippen molar-refractivity contribution in [3.63, 3.8) is 0 Å². The third-order valence-electron chi connectivity index (χ3n) is 13.5. The third-order valence-corrected chi connectivity index (χ3v) is 13.5. The second-order valence-corrected chi connectivity index (χ2v) is 19.2. The number of ether oxygens (including phenoxy) is 1. The lowest BCUT2D eigenvalue weighted by Gasteiger charge is -2.40. The SMILES string of the molecule is CCCCCCCCCCCCCCCCCCCCCCCCCC(=O)N[C@@H](CCC[C@H]1O[C@H](CO)[C@H](O)[C@H](O)[C@H]1O)[C@H](O)[C@H](O)CCCCCCCCCCCCCC. The molecular weight excluding hydrogens is 767 g/mol. The molecular formula is C52H103NO8. The summed E-state index contributed by atoms with van der Waals surface area (Å²) >= 11 is 0. The van der Waals surface area contributed by atoms with Crippen LogP contribution in [0.1, 0.15) is 271 Å². The second-order valence-electron chi connectivity index (χ2n) is 19.2. The number of aliphatic hydroxyl groups excluding tert-OH is 6. The highest BCUT2D eigenvalue weighted by Gasteiger charge is 2.43. The molecule has 61 heavy (non-hydrogen) atoms. The first-order chi connectivity index (χ1) is 29.8. The maximum Gasteiger partial charge on any atom is 0.220 e. The summed E-state index contributed by atoms with van der Waals surface area (Å²) in [7, 11) is 0. The fraction of sp³-hybridized carbons (Fsp3) is 0.981. The summed E-state index contributed by atoms with van der Waals surface area (Å²) in [5.41, 5.74) is 0. The molecule has 1 amide bonds. The second kappa shape index (κ2) is 41.9. The number of rotatable bonds is 45. The van der Waals surface area contributed by atoms with E-state index in [9.17, 15) is 35.4 Å². The molecule has 0 unspecified atom stereocenters. The van der Waals surface area contributed by atoms with E-state index in [-0.39, 0.29) is 5.91 Å². The summed E-state index contributed by atoms with van der Waals surface area (Å²) in [6.45, 7) is 4.05. The molecule has 1 fully saturated rings. The van der Waals surface area contributed by atoms with E-state index in [4.69, 9.17) is 4.74 Å². The van der Waals surface area contributed by atoms with E-state index < -0.39 is 55.4 Å². The van der Waals surface area contributed by atoms with Gasteiger partial charge in [-0.2, -0.15) is 0 Å². The smallest absolute Gasteiger partial charge is 0.220 e. The van der Waals surface area contributed by atoms with Gasteiger partial charge in [0, 0.05) is 6.42 Å². The van der Waals surface area contributed by atoms with Gasteiger partial charge in [0.1, 0.15) is 24.4 Å². The predicted octanol–water partition coefficient (Wildman–Crippen LogP) is 11.7. The Bertz CT molecular complexity index is 939. The molecule has 8 atom stereocenters. The monoisotopic (exact) mass is 870 g/mol. The molecule has 1 aliphatic heterocycles. The number of amides is 1. The Morgan fingerprint density at radius 1 is 0.459 bits per heavy atom. The highest BCUT2D eigenvalue weighted by atomic mass is 16.5. The quantitative estimate of drug-likeness (QED) is 0.0298. The lowest BCUT2D eigenvalue weighted by molar-refractivity contribution is -0.230. The first-order valence-corrected chi connectivity index (χ1v) is 26.7. The van der Waals surface area contributed by atoms with Crippen molar-refractivity contribution in [2.24, 2.45) is 0 Å². The summed E-state index contributed by atoms with van der Waals surface area (Å²) in [6, 6.07) is -0.658. The van der Waals surface area contributed by atoms with Gasteiger partial charge in [0.2, 0.25) is 5.91 Å². The van der Waals surface area contributed by atoms with Gasteiger partial charge in [-0.25, -0.2) is 0 Å². The number of carbonyl (C=O) groups excluding carboxylic acids is 1. The van der Waals surface area contributed by atoms with Gasteiger partial charge in [-0.05, 0) is 32.1 Å². The van der Waals surface area contributed by atoms with Gasteiger partial charge in [0.05, 0.1) is 31.0 Å². The lowest BCUT2D eigenvalue weighted by Crippen LogP contribution is -2.58. The molecule has 0 aliphatic carbocycles. The van der Waals surface area contributed by atoms with Gasteiger partial charge in [0.25, 0.3) is 0 Å². The van der Waals surface area contributed by atoms with E-state index in [2.05, 4.69) is 19.2 Å². The molecule has 0 radical (unpaired) electrons. The zero-order chi connectivity index (χ0) is 44.6. The van der Waals surface area contributed by atoms with Crippen LogP contribution in [0.4, 0.5) is 0 Å². The van der Waals surface area contributed by atoms with Crippen molar-refractivity contribution >= 4 is 5.91 Å². The van der Waals surface area contributed by atoms with E-state index in [1.807, 2.05) is 0 Å². The van der Waals surface area contributed by atoms with Crippen LogP contribution in [-0.2, 0) is 9.53 Å². The summed E-state index contributed by atoms with van der Waals surface area (Å²) < 4.78 is 5.68. The number of aliphatic hydroxyl groups is 6. The number of hydrogen-bond donors (Lipinski definition) is 7. The van der Waals surface area contributed by atoms with Crippen LogP contribution in [-0.4, -0.2) is 91.9 Å². The molecule has 0 bridgehead atoms. The average Bonchev–Trinajstić information content (AvgIpc) is 3.26. The van der Waals surface area contributed by atoms with E-state index in [1.54, 1.807) is 0 Å².